The van der Waals surface area contributed by atoms with Gasteiger partial charge in [-0.05, 0) is 41.1 Å². The Hall–Kier alpha value is -4.15. The molecule has 0 atom stereocenters. The second-order valence-electron chi connectivity index (χ2n) is 5.55. The van der Waals surface area contributed by atoms with Crippen LogP contribution in [-0.2, 0) is 4.79 Å². The third kappa shape index (κ3) is 4.52. The van der Waals surface area contributed by atoms with Crippen molar-refractivity contribution in [2.45, 2.75) is 6.92 Å². The summed E-state index contributed by atoms with van der Waals surface area (Å²) in [5.41, 5.74) is 4.19. The predicted molar refractivity (Wildman–Crippen MR) is 98.1 cm³/mol. The molecule has 142 valence electrons. The molecule has 1 N–H and O–H groups in total. The maximum absolute atomic E-state index is 11.9. The Morgan fingerprint density at radius 3 is 2.86 bits per heavy atom. The summed E-state index contributed by atoms with van der Waals surface area (Å²) in [6, 6.07) is 13.1. The zero-order chi connectivity index (χ0) is 19.9. The molecule has 0 aliphatic carbocycles. The summed E-state index contributed by atoms with van der Waals surface area (Å²) in [6.07, 6.45) is 1.47. The molecule has 28 heavy (non-hydrogen) atoms. The number of ether oxygens (including phenoxy) is 1. The Morgan fingerprint density at radius 2 is 2.11 bits per heavy atom. The lowest BCUT2D eigenvalue weighted by molar-refractivity contribution is -0.385. The fourth-order valence-corrected chi connectivity index (χ4v) is 2.27. The van der Waals surface area contributed by atoms with Crippen LogP contribution in [0, 0.1) is 10.1 Å². The van der Waals surface area contributed by atoms with Gasteiger partial charge < -0.3 is 4.74 Å². The van der Waals surface area contributed by atoms with Gasteiger partial charge in [0.15, 0.2) is 12.4 Å². The number of nitro benzene ring substituents is 1. The summed E-state index contributed by atoms with van der Waals surface area (Å²) >= 11 is 0. The topological polar surface area (TPSA) is 137 Å². The van der Waals surface area contributed by atoms with Crippen LogP contribution in [0.1, 0.15) is 12.5 Å². The van der Waals surface area contributed by atoms with Crippen molar-refractivity contribution in [1.29, 1.82) is 0 Å². The van der Waals surface area contributed by atoms with Crippen LogP contribution in [0.15, 0.2) is 60.0 Å². The number of aromatic nitrogens is 4. The molecule has 0 radical (unpaired) electrons. The molecule has 0 saturated heterocycles. The van der Waals surface area contributed by atoms with Crippen molar-refractivity contribution in [3.63, 3.8) is 0 Å². The van der Waals surface area contributed by atoms with E-state index in [1.807, 2.05) is 24.3 Å². The molecule has 0 unspecified atom stereocenters. The third-order valence-corrected chi connectivity index (χ3v) is 3.65. The molecule has 2 aromatic carbocycles. The molecule has 3 aromatic rings. The normalized spacial score (nSPS) is 11.1. The maximum Gasteiger partial charge on any atom is 0.310 e. The molecule has 0 fully saturated rings. The molecule has 0 aliphatic rings. The zero-order valence-corrected chi connectivity index (χ0v) is 14.7. The fourth-order valence-electron chi connectivity index (χ4n) is 2.27. The van der Waals surface area contributed by atoms with Gasteiger partial charge in [-0.2, -0.15) is 5.10 Å². The summed E-state index contributed by atoms with van der Waals surface area (Å²) in [5.74, 6) is -0.536. The number of rotatable bonds is 7. The Kier molecular flexibility index (Phi) is 5.65. The van der Waals surface area contributed by atoms with E-state index in [9.17, 15) is 14.9 Å². The minimum atomic E-state index is -0.576. The standard InChI is InChI=1S/C17H15N7O4/c1-12(13-5-4-6-14(9-13)23-11-18-21-22-23)19-20-17(25)10-28-16-8-3-2-7-15(16)24(26)27/h2-9,11H,10H2,1H3,(H,20,25)/b19-12+. The van der Waals surface area contributed by atoms with Gasteiger partial charge in [0.2, 0.25) is 0 Å². The van der Waals surface area contributed by atoms with E-state index in [1.54, 1.807) is 13.0 Å². The van der Waals surface area contributed by atoms with E-state index in [2.05, 4.69) is 26.1 Å². The van der Waals surface area contributed by atoms with Gasteiger partial charge >= 0.3 is 5.69 Å². The van der Waals surface area contributed by atoms with Gasteiger partial charge in [0.25, 0.3) is 5.91 Å². The molecule has 1 aromatic heterocycles. The molecule has 1 amide bonds. The predicted octanol–water partition coefficient (Wildman–Crippen LogP) is 1.49. The minimum Gasteiger partial charge on any atom is -0.477 e. The largest absolute Gasteiger partial charge is 0.477 e. The van der Waals surface area contributed by atoms with Crippen LogP contribution in [0.4, 0.5) is 5.69 Å². The average Bonchev–Trinajstić information content (AvgIpc) is 3.25. The first kappa shape index (κ1) is 18.6. The first-order valence-corrected chi connectivity index (χ1v) is 8.08. The highest BCUT2D eigenvalue weighted by atomic mass is 16.6. The summed E-state index contributed by atoms with van der Waals surface area (Å²) in [7, 11) is 0. The Balaban J connectivity index is 1.61. The van der Waals surface area contributed by atoms with Crippen LogP contribution >= 0.6 is 0 Å². The molecule has 0 spiro atoms. The fraction of sp³-hybridized carbons (Fsp3) is 0.118. The third-order valence-electron chi connectivity index (χ3n) is 3.65. The highest BCUT2D eigenvalue weighted by Gasteiger charge is 2.14. The van der Waals surface area contributed by atoms with E-state index in [0.29, 0.717) is 5.71 Å². The molecule has 1 heterocycles. The highest BCUT2D eigenvalue weighted by Crippen LogP contribution is 2.25. The summed E-state index contributed by atoms with van der Waals surface area (Å²) < 4.78 is 6.71. The van der Waals surface area contributed by atoms with Gasteiger partial charge in [0.05, 0.1) is 16.3 Å². The monoisotopic (exact) mass is 381 g/mol. The van der Waals surface area contributed by atoms with E-state index in [0.717, 1.165) is 11.3 Å². The summed E-state index contributed by atoms with van der Waals surface area (Å²) in [5, 5.41) is 26.0. The van der Waals surface area contributed by atoms with Crippen molar-refractivity contribution in [2.24, 2.45) is 5.10 Å². The van der Waals surface area contributed by atoms with Crippen LogP contribution in [0.5, 0.6) is 5.75 Å². The lowest BCUT2D eigenvalue weighted by Crippen LogP contribution is -2.25. The number of para-hydroxylation sites is 2. The van der Waals surface area contributed by atoms with Gasteiger partial charge in [0, 0.05) is 6.07 Å². The number of nitrogens with one attached hydrogen (secondary N) is 1. The molecule has 11 heteroatoms. The van der Waals surface area contributed by atoms with Gasteiger partial charge in [-0.25, -0.2) is 10.1 Å². The number of hydrogen-bond acceptors (Lipinski definition) is 8. The number of hydrogen-bond donors (Lipinski definition) is 1. The number of carbonyl (C=O) groups is 1. The van der Waals surface area contributed by atoms with Crippen LogP contribution in [-0.4, -0.2) is 43.4 Å². The first-order valence-electron chi connectivity index (χ1n) is 8.08. The van der Waals surface area contributed by atoms with E-state index in [-0.39, 0.29) is 11.4 Å². The molecule has 3 rings (SSSR count). The molecule has 0 saturated carbocycles. The van der Waals surface area contributed by atoms with Crippen molar-refractivity contribution < 1.29 is 14.5 Å². The smallest absolute Gasteiger partial charge is 0.310 e. The zero-order valence-electron chi connectivity index (χ0n) is 14.7. The lowest BCUT2D eigenvalue weighted by atomic mass is 10.1. The summed E-state index contributed by atoms with van der Waals surface area (Å²) in [6.45, 7) is 1.31. The highest BCUT2D eigenvalue weighted by molar-refractivity contribution is 5.99. The number of nitrogens with zero attached hydrogens (tertiary/aromatic N) is 6. The van der Waals surface area contributed by atoms with Crippen molar-refractivity contribution in [1.82, 2.24) is 25.6 Å². The van der Waals surface area contributed by atoms with Gasteiger partial charge in [-0.1, -0.05) is 24.3 Å². The molecular formula is C17H15N7O4. The van der Waals surface area contributed by atoms with Crippen molar-refractivity contribution in [3.05, 3.63) is 70.5 Å². The van der Waals surface area contributed by atoms with Crippen LogP contribution in [0.2, 0.25) is 0 Å². The van der Waals surface area contributed by atoms with E-state index < -0.39 is 17.4 Å². The number of nitro groups is 1. The molecule has 0 aliphatic heterocycles. The van der Waals surface area contributed by atoms with E-state index >= 15 is 0 Å². The van der Waals surface area contributed by atoms with Gasteiger partial charge in [-0.15, -0.1) is 5.10 Å². The Labute approximate surface area is 158 Å². The van der Waals surface area contributed by atoms with Crippen molar-refractivity contribution >= 4 is 17.3 Å². The van der Waals surface area contributed by atoms with Gasteiger partial charge in [0.1, 0.15) is 6.33 Å². The van der Waals surface area contributed by atoms with Crippen molar-refractivity contribution in [2.75, 3.05) is 6.61 Å². The van der Waals surface area contributed by atoms with Crippen LogP contribution in [0.25, 0.3) is 5.69 Å². The van der Waals surface area contributed by atoms with Gasteiger partial charge in [-0.3, -0.25) is 14.9 Å². The SMILES string of the molecule is C/C(=N\NC(=O)COc1ccccc1[N+](=O)[O-])c1cccc(-n2cnnn2)c1. The van der Waals surface area contributed by atoms with Crippen LogP contribution < -0.4 is 10.2 Å². The number of amides is 1. The molecular weight excluding hydrogens is 366 g/mol. The van der Waals surface area contributed by atoms with Crippen molar-refractivity contribution in [3.8, 4) is 11.4 Å². The Bertz CT molecular complexity index is 1020. The second kappa shape index (κ2) is 8.49. The maximum atomic E-state index is 11.9. The molecule has 11 nitrogen and oxygen atoms in total. The second-order valence-corrected chi connectivity index (χ2v) is 5.55. The summed E-state index contributed by atoms with van der Waals surface area (Å²) in [4.78, 5) is 22.3. The number of benzene rings is 2. The van der Waals surface area contributed by atoms with E-state index in [4.69, 9.17) is 4.74 Å². The molecule has 0 bridgehead atoms. The average molecular weight is 381 g/mol. The lowest BCUT2D eigenvalue weighted by Gasteiger charge is -2.07. The number of carbonyl (C=O) groups excluding carboxylic acids is 1. The minimum absolute atomic E-state index is 0.0116. The van der Waals surface area contributed by atoms with E-state index in [1.165, 1.54) is 29.2 Å². The Morgan fingerprint density at radius 1 is 1.29 bits per heavy atom. The first-order chi connectivity index (χ1) is 13.5. The quantitative estimate of drug-likeness (QED) is 0.372. The number of hydrazone groups is 1. The van der Waals surface area contributed by atoms with Crippen LogP contribution in [0.3, 0.4) is 0 Å². The number of tetrazole rings is 1.